The van der Waals surface area contributed by atoms with Crippen LogP contribution < -0.4 is 26.4 Å². The number of H-pyrrole nitrogens is 1. The third-order valence-electron chi connectivity index (χ3n) is 5.71. The summed E-state index contributed by atoms with van der Waals surface area (Å²) in [6.07, 6.45) is 2.70. The van der Waals surface area contributed by atoms with E-state index in [9.17, 15) is 9.18 Å². The van der Waals surface area contributed by atoms with Gasteiger partial charge in [0.15, 0.2) is 10.9 Å². The number of hydrogen-bond acceptors (Lipinski definition) is 11. The van der Waals surface area contributed by atoms with E-state index < -0.39 is 5.82 Å². The van der Waals surface area contributed by atoms with E-state index in [4.69, 9.17) is 15.2 Å². The minimum Gasteiger partial charge on any atom is -0.421 e. The number of rotatable bonds is 2. The van der Waals surface area contributed by atoms with Crippen LogP contribution in [-0.4, -0.2) is 75.5 Å². The normalized spacial score (nSPS) is 19.1. The molecule has 1 unspecified atom stereocenters. The lowest BCUT2D eigenvalue weighted by atomic mass is 10.1. The summed E-state index contributed by atoms with van der Waals surface area (Å²) in [5, 5.41) is 10.7. The van der Waals surface area contributed by atoms with Crippen LogP contribution in [0.1, 0.15) is 6.92 Å². The molecule has 2 aliphatic rings. The van der Waals surface area contributed by atoms with Gasteiger partial charge in [0, 0.05) is 25.5 Å². The fraction of sp³-hybridized carbons (Fsp3) is 0.348. The number of anilines is 2. The molecule has 6 rings (SSSR count). The number of nitrogens with zero attached hydrogens (tertiary/aromatic N) is 4. The molecule has 194 valence electrons. The number of carbonyl (C=O) groups excluding carboxylic acids is 1. The summed E-state index contributed by atoms with van der Waals surface area (Å²) in [5.41, 5.74) is 7.72. The van der Waals surface area contributed by atoms with Crippen molar-refractivity contribution in [2.75, 3.05) is 43.1 Å². The summed E-state index contributed by atoms with van der Waals surface area (Å²) in [6, 6.07) is 2.51. The lowest BCUT2D eigenvalue weighted by Crippen LogP contribution is -2.38. The number of halogens is 1. The number of aromatic nitrogens is 5. The molecule has 1 aromatic carbocycles. The molecular formula is C23H26FN9O3S. The van der Waals surface area contributed by atoms with Crippen molar-refractivity contribution in [2.45, 2.75) is 24.2 Å². The molecule has 3 aromatic heterocycles. The fourth-order valence-corrected chi connectivity index (χ4v) is 4.48. The average Bonchev–Trinajstić information content (AvgIpc) is 3.26. The highest BCUT2D eigenvalue weighted by molar-refractivity contribution is 7.99. The quantitative estimate of drug-likeness (QED) is 0.192. The minimum absolute atomic E-state index is 0.0302. The van der Waals surface area contributed by atoms with Crippen LogP contribution in [0.5, 0.6) is 11.8 Å². The molecule has 4 aromatic rings. The first-order valence-corrected chi connectivity index (χ1v) is 12.6. The zero-order valence-electron chi connectivity index (χ0n) is 20.2. The standard InChI is InChI=1S/C23H26FN9O3S/c1-11-6-27-17(34)10-37-23-28-7-14(8-29-23)36-22-32-20(30-13(5-25)9-35-11)18-15-3-12(24)4-16(26-2)19(15)31-21(18)33-22/h3-4,7-8,11,13,26H,5-6,9-10,25H2,1-2H3,(H,27,34)(H2,30,31,32,33)/t11?,13-/m1/s1. The molecule has 0 radical (unpaired) electrons. The number of nitrogens with two attached hydrogens (primary N) is 1. The van der Waals surface area contributed by atoms with Gasteiger partial charge in [0.05, 0.1) is 53.5 Å². The van der Waals surface area contributed by atoms with Crippen molar-refractivity contribution in [3.8, 4) is 11.8 Å². The number of amides is 1. The first-order chi connectivity index (χ1) is 17.9. The molecule has 0 spiro atoms. The van der Waals surface area contributed by atoms with Crippen LogP contribution >= 0.6 is 11.8 Å². The maximum Gasteiger partial charge on any atom is 0.326 e. The van der Waals surface area contributed by atoms with Gasteiger partial charge >= 0.3 is 6.01 Å². The molecule has 0 saturated heterocycles. The molecule has 0 saturated carbocycles. The number of thioether (sulfide) groups is 1. The van der Waals surface area contributed by atoms with Crippen LogP contribution in [0.3, 0.4) is 0 Å². The van der Waals surface area contributed by atoms with Gasteiger partial charge in [-0.25, -0.2) is 14.4 Å². The first-order valence-electron chi connectivity index (χ1n) is 11.6. The summed E-state index contributed by atoms with van der Waals surface area (Å²) < 4.78 is 26.3. The highest BCUT2D eigenvalue weighted by Gasteiger charge is 2.21. The minimum atomic E-state index is -0.407. The van der Waals surface area contributed by atoms with E-state index in [-0.39, 0.29) is 43.0 Å². The Morgan fingerprint density at radius 3 is 2.84 bits per heavy atom. The maximum atomic E-state index is 14.5. The van der Waals surface area contributed by atoms with Crippen LogP contribution in [0, 0.1) is 5.82 Å². The van der Waals surface area contributed by atoms with E-state index >= 15 is 0 Å². The van der Waals surface area contributed by atoms with Gasteiger partial charge < -0.3 is 36.1 Å². The van der Waals surface area contributed by atoms with E-state index in [1.165, 1.54) is 36.3 Å². The Labute approximate surface area is 215 Å². The van der Waals surface area contributed by atoms with Crippen molar-refractivity contribution >= 4 is 51.1 Å². The van der Waals surface area contributed by atoms with Gasteiger partial charge in [-0.15, -0.1) is 0 Å². The van der Waals surface area contributed by atoms with Gasteiger partial charge in [0.2, 0.25) is 5.91 Å². The van der Waals surface area contributed by atoms with E-state index in [1.54, 1.807) is 7.05 Å². The third kappa shape index (κ3) is 5.50. The molecule has 2 aliphatic heterocycles. The average molecular weight is 528 g/mol. The van der Waals surface area contributed by atoms with Gasteiger partial charge in [-0.1, -0.05) is 11.8 Å². The molecule has 5 heterocycles. The van der Waals surface area contributed by atoms with Gasteiger partial charge in [0.25, 0.3) is 0 Å². The van der Waals surface area contributed by atoms with Crippen molar-refractivity contribution in [3.05, 3.63) is 30.3 Å². The lowest BCUT2D eigenvalue weighted by Gasteiger charge is -2.21. The highest BCUT2D eigenvalue weighted by Crippen LogP contribution is 2.36. The molecule has 0 aliphatic carbocycles. The number of fused-ring (bicyclic) bond motifs is 14. The molecule has 0 fully saturated rings. The Morgan fingerprint density at radius 1 is 1.27 bits per heavy atom. The molecule has 14 heteroatoms. The van der Waals surface area contributed by atoms with E-state index in [2.05, 4.69) is 40.9 Å². The molecule has 12 nitrogen and oxygen atoms in total. The van der Waals surface area contributed by atoms with E-state index in [1.807, 2.05) is 6.92 Å². The Kier molecular flexibility index (Phi) is 7.21. The van der Waals surface area contributed by atoms with Crippen LogP contribution in [0.4, 0.5) is 15.9 Å². The number of aromatic amines is 1. The second-order valence-corrected chi connectivity index (χ2v) is 9.39. The second-order valence-electron chi connectivity index (χ2n) is 8.45. The molecule has 37 heavy (non-hydrogen) atoms. The van der Waals surface area contributed by atoms with E-state index in [0.717, 1.165) is 0 Å². The Morgan fingerprint density at radius 2 is 2.08 bits per heavy atom. The summed E-state index contributed by atoms with van der Waals surface area (Å²) in [7, 11) is 1.71. The summed E-state index contributed by atoms with van der Waals surface area (Å²) >= 11 is 1.21. The van der Waals surface area contributed by atoms with Crippen LogP contribution in [-0.2, 0) is 9.53 Å². The van der Waals surface area contributed by atoms with Crippen LogP contribution in [0.25, 0.3) is 21.9 Å². The van der Waals surface area contributed by atoms with Crippen LogP contribution in [0.2, 0.25) is 0 Å². The van der Waals surface area contributed by atoms with Gasteiger partial charge in [0.1, 0.15) is 17.3 Å². The summed E-state index contributed by atoms with van der Waals surface area (Å²) in [5.74, 6) is 0.310. The van der Waals surface area contributed by atoms with E-state index in [0.29, 0.717) is 50.9 Å². The van der Waals surface area contributed by atoms with Crippen molar-refractivity contribution in [2.24, 2.45) is 5.73 Å². The number of ether oxygens (including phenoxy) is 2. The lowest BCUT2D eigenvalue weighted by molar-refractivity contribution is -0.119. The van der Waals surface area contributed by atoms with Crippen molar-refractivity contribution in [1.82, 2.24) is 30.2 Å². The van der Waals surface area contributed by atoms with Gasteiger partial charge in [-0.2, -0.15) is 9.97 Å². The molecular weight excluding hydrogens is 501 g/mol. The Hall–Kier alpha value is -3.75. The molecule has 1 amide bonds. The molecule has 4 bridgehead atoms. The summed E-state index contributed by atoms with van der Waals surface area (Å²) in [6.45, 7) is 2.67. The third-order valence-corrected chi connectivity index (χ3v) is 6.59. The Balaban J connectivity index is 1.60. The van der Waals surface area contributed by atoms with Crippen LogP contribution in [0.15, 0.2) is 29.7 Å². The first kappa shape index (κ1) is 24.9. The number of benzene rings is 1. The zero-order valence-corrected chi connectivity index (χ0v) is 21.0. The fourth-order valence-electron chi connectivity index (χ4n) is 3.87. The second kappa shape index (κ2) is 10.7. The smallest absolute Gasteiger partial charge is 0.326 e. The van der Waals surface area contributed by atoms with Crippen molar-refractivity contribution in [3.63, 3.8) is 0 Å². The summed E-state index contributed by atoms with van der Waals surface area (Å²) in [4.78, 5) is 33.0. The number of carbonyl (C=O) groups is 1. The molecule has 6 N–H and O–H groups in total. The highest BCUT2D eigenvalue weighted by atomic mass is 32.2. The van der Waals surface area contributed by atoms with Crippen molar-refractivity contribution < 1.29 is 18.7 Å². The van der Waals surface area contributed by atoms with Crippen molar-refractivity contribution in [1.29, 1.82) is 0 Å². The zero-order chi connectivity index (χ0) is 25.9. The maximum absolute atomic E-state index is 14.5. The molecule has 2 atom stereocenters. The Bertz CT molecular complexity index is 1430. The van der Waals surface area contributed by atoms with Gasteiger partial charge in [-0.05, 0) is 19.1 Å². The predicted octanol–water partition coefficient (Wildman–Crippen LogP) is 2.24. The monoisotopic (exact) mass is 527 g/mol. The SMILES string of the molecule is CNc1cc(F)cc2c1[nH]c1nc3nc(c12)N[C@H](CN)COC(C)CNC(=O)CSc1ncc(cn1)O3. The largest absolute Gasteiger partial charge is 0.421 e. The topological polar surface area (TPSA) is 165 Å². The number of nitrogens with one attached hydrogen (secondary N) is 4. The predicted molar refractivity (Wildman–Crippen MR) is 139 cm³/mol. The number of hydrogen-bond donors (Lipinski definition) is 5. The van der Waals surface area contributed by atoms with Gasteiger partial charge in [-0.3, -0.25) is 4.79 Å².